The number of nitrogens with two attached hydrogens (primary N) is 1. The van der Waals surface area contributed by atoms with E-state index in [2.05, 4.69) is 20.6 Å². The highest BCUT2D eigenvalue weighted by Crippen LogP contribution is 2.11. The van der Waals surface area contributed by atoms with Gasteiger partial charge in [-0.2, -0.15) is 0 Å². The van der Waals surface area contributed by atoms with E-state index < -0.39 is 17.6 Å². The van der Waals surface area contributed by atoms with Crippen molar-refractivity contribution in [2.24, 2.45) is 5.73 Å². The van der Waals surface area contributed by atoms with Crippen LogP contribution in [-0.2, 0) is 14.3 Å². The maximum atomic E-state index is 12.6. The van der Waals surface area contributed by atoms with Gasteiger partial charge >= 0.3 is 0 Å². The van der Waals surface area contributed by atoms with Crippen molar-refractivity contribution < 1.29 is 19.1 Å². The van der Waals surface area contributed by atoms with Gasteiger partial charge in [-0.3, -0.25) is 15.0 Å². The number of aryl methyl sites for hydroxylation is 1. The maximum absolute atomic E-state index is 12.6. The topological polar surface area (TPSA) is 152 Å². The first kappa shape index (κ1) is 22.3. The van der Waals surface area contributed by atoms with Crippen LogP contribution in [0, 0.1) is 12.3 Å². The van der Waals surface area contributed by atoms with Gasteiger partial charge in [0.15, 0.2) is 17.5 Å². The molecule has 0 fully saturated rings. The van der Waals surface area contributed by atoms with Crippen LogP contribution in [-0.4, -0.2) is 59.5 Å². The van der Waals surface area contributed by atoms with Crippen LogP contribution in [0.2, 0.25) is 0 Å². The summed E-state index contributed by atoms with van der Waals surface area (Å²) in [5.74, 6) is 0.124. The molecule has 1 aromatic heterocycles. The molecule has 1 rings (SSSR count). The van der Waals surface area contributed by atoms with Gasteiger partial charge in [0.05, 0.1) is 18.4 Å². The zero-order chi connectivity index (χ0) is 20.4. The summed E-state index contributed by atoms with van der Waals surface area (Å²) in [5, 5.41) is 12.5. The molecular weight excluding hydrogens is 352 g/mol. The molecule has 1 aromatic rings. The second kappa shape index (κ2) is 10.4. The molecule has 150 valence electrons. The molecule has 0 aromatic carbocycles. The minimum absolute atomic E-state index is 0.148. The number of ether oxygens (including phenoxy) is 2. The second-order valence-electron chi connectivity index (χ2n) is 6.44. The largest absolute Gasteiger partial charge is 0.483 e. The van der Waals surface area contributed by atoms with E-state index in [1.54, 1.807) is 20.8 Å². The SMILES string of the molecule is COC(C)(C)C(=O)N[C@@H](CCCNC(=N)N)C(=O)COc1cnc(C)nc1. The summed E-state index contributed by atoms with van der Waals surface area (Å²) in [7, 11) is 1.42. The van der Waals surface area contributed by atoms with E-state index in [1.165, 1.54) is 19.5 Å². The van der Waals surface area contributed by atoms with Crippen molar-refractivity contribution in [1.82, 2.24) is 20.6 Å². The molecular formula is C17H28N6O4. The predicted octanol–water partition coefficient (Wildman–Crippen LogP) is -0.0940. The van der Waals surface area contributed by atoms with Gasteiger partial charge in [-0.1, -0.05) is 0 Å². The van der Waals surface area contributed by atoms with E-state index in [0.29, 0.717) is 31.0 Å². The average molecular weight is 380 g/mol. The maximum Gasteiger partial charge on any atom is 0.252 e. The zero-order valence-corrected chi connectivity index (χ0v) is 16.2. The standard InChI is InChI=1S/C17H28N6O4/c1-11-21-8-12(9-22-11)27-10-14(24)13(6-5-7-20-16(18)19)23-15(25)17(2,3)26-4/h8-9,13H,5-7,10H2,1-4H3,(H,23,25)(H4,18,19,20)/t13-/m0/s1. The number of carbonyl (C=O) groups is 2. The van der Waals surface area contributed by atoms with Gasteiger partial charge < -0.3 is 25.8 Å². The number of hydrogen-bond donors (Lipinski definition) is 4. The number of rotatable bonds is 11. The molecule has 0 aliphatic rings. The van der Waals surface area contributed by atoms with E-state index in [-0.39, 0.29) is 18.3 Å². The second-order valence-corrected chi connectivity index (χ2v) is 6.44. The van der Waals surface area contributed by atoms with Crippen molar-refractivity contribution in [2.45, 2.75) is 45.3 Å². The molecule has 0 spiro atoms. The summed E-state index contributed by atoms with van der Waals surface area (Å²) in [5.41, 5.74) is 4.17. The fourth-order valence-corrected chi connectivity index (χ4v) is 1.98. The van der Waals surface area contributed by atoms with Crippen molar-refractivity contribution in [3.8, 4) is 5.75 Å². The number of Topliss-reactive ketones (excluding diaryl/α,β-unsaturated/α-hetero) is 1. The van der Waals surface area contributed by atoms with Crippen molar-refractivity contribution in [2.75, 3.05) is 20.3 Å². The van der Waals surface area contributed by atoms with Crippen molar-refractivity contribution in [3.05, 3.63) is 18.2 Å². The van der Waals surface area contributed by atoms with Crippen LogP contribution in [0.1, 0.15) is 32.5 Å². The summed E-state index contributed by atoms with van der Waals surface area (Å²) in [4.78, 5) is 32.9. The monoisotopic (exact) mass is 380 g/mol. The molecule has 27 heavy (non-hydrogen) atoms. The summed E-state index contributed by atoms with van der Waals surface area (Å²) in [6, 6.07) is -0.757. The Morgan fingerprint density at radius 2 is 1.96 bits per heavy atom. The number of nitrogens with one attached hydrogen (secondary N) is 3. The van der Waals surface area contributed by atoms with Gasteiger partial charge in [0.2, 0.25) is 0 Å². The molecule has 10 nitrogen and oxygen atoms in total. The number of carbonyl (C=O) groups excluding carboxylic acids is 2. The quantitative estimate of drug-likeness (QED) is 0.236. The molecule has 0 aliphatic heterocycles. The van der Waals surface area contributed by atoms with Crippen molar-refractivity contribution in [3.63, 3.8) is 0 Å². The minimum Gasteiger partial charge on any atom is -0.483 e. The van der Waals surface area contributed by atoms with Crippen LogP contribution in [0.25, 0.3) is 0 Å². The van der Waals surface area contributed by atoms with Gasteiger partial charge in [-0.05, 0) is 33.6 Å². The van der Waals surface area contributed by atoms with Crippen molar-refractivity contribution in [1.29, 1.82) is 5.41 Å². The van der Waals surface area contributed by atoms with Gasteiger partial charge in [-0.15, -0.1) is 0 Å². The molecule has 0 saturated heterocycles. The Morgan fingerprint density at radius 3 is 2.52 bits per heavy atom. The molecule has 10 heteroatoms. The average Bonchev–Trinajstić information content (AvgIpc) is 2.63. The third-order valence-corrected chi connectivity index (χ3v) is 3.87. The van der Waals surface area contributed by atoms with E-state index in [0.717, 1.165) is 0 Å². The Kier molecular flexibility index (Phi) is 8.60. The highest BCUT2D eigenvalue weighted by atomic mass is 16.5. The summed E-state index contributed by atoms with van der Waals surface area (Å²) in [6.45, 7) is 5.15. The number of ketones is 1. The Balaban J connectivity index is 2.69. The van der Waals surface area contributed by atoms with E-state index >= 15 is 0 Å². The number of amides is 1. The lowest BCUT2D eigenvalue weighted by Crippen LogP contribution is -2.51. The van der Waals surface area contributed by atoms with Gasteiger partial charge in [0.1, 0.15) is 18.0 Å². The Hall–Kier alpha value is -2.75. The molecule has 1 atom stereocenters. The highest BCUT2D eigenvalue weighted by molar-refractivity contribution is 5.92. The fourth-order valence-electron chi connectivity index (χ4n) is 1.98. The summed E-state index contributed by atoms with van der Waals surface area (Å²) < 4.78 is 10.6. The summed E-state index contributed by atoms with van der Waals surface area (Å²) in [6.07, 6.45) is 3.84. The Morgan fingerprint density at radius 1 is 1.33 bits per heavy atom. The first-order valence-corrected chi connectivity index (χ1v) is 8.54. The molecule has 0 radical (unpaired) electrons. The summed E-state index contributed by atoms with van der Waals surface area (Å²) >= 11 is 0. The molecule has 5 N–H and O–H groups in total. The lowest BCUT2D eigenvalue weighted by Gasteiger charge is -2.25. The van der Waals surface area contributed by atoms with E-state index in [1.807, 2.05) is 0 Å². The Bertz CT molecular complexity index is 647. The van der Waals surface area contributed by atoms with E-state index in [4.69, 9.17) is 20.6 Å². The predicted molar refractivity (Wildman–Crippen MR) is 99.4 cm³/mol. The lowest BCUT2D eigenvalue weighted by molar-refractivity contribution is -0.142. The highest BCUT2D eigenvalue weighted by Gasteiger charge is 2.31. The first-order valence-electron chi connectivity index (χ1n) is 8.54. The molecule has 1 amide bonds. The van der Waals surface area contributed by atoms with E-state index in [9.17, 15) is 9.59 Å². The van der Waals surface area contributed by atoms with Crippen LogP contribution in [0.15, 0.2) is 12.4 Å². The van der Waals surface area contributed by atoms with Crippen LogP contribution in [0.5, 0.6) is 5.75 Å². The fraction of sp³-hybridized carbons (Fsp3) is 0.588. The number of hydrogen-bond acceptors (Lipinski definition) is 7. The molecule has 0 aliphatic carbocycles. The normalized spacial score (nSPS) is 12.1. The van der Waals surface area contributed by atoms with Crippen LogP contribution in [0.3, 0.4) is 0 Å². The van der Waals surface area contributed by atoms with Crippen LogP contribution in [0.4, 0.5) is 0 Å². The molecule has 0 unspecified atom stereocenters. The Labute approximate surface area is 158 Å². The van der Waals surface area contributed by atoms with Crippen molar-refractivity contribution >= 4 is 17.6 Å². The smallest absolute Gasteiger partial charge is 0.252 e. The van der Waals surface area contributed by atoms with Gasteiger partial charge in [0, 0.05) is 13.7 Å². The van der Waals surface area contributed by atoms with Gasteiger partial charge in [0.25, 0.3) is 5.91 Å². The van der Waals surface area contributed by atoms with Gasteiger partial charge in [-0.25, -0.2) is 9.97 Å². The third kappa shape index (κ3) is 7.99. The number of guanidine groups is 1. The zero-order valence-electron chi connectivity index (χ0n) is 16.2. The van der Waals surface area contributed by atoms with Crippen LogP contribution < -0.4 is 21.1 Å². The molecule has 0 saturated carbocycles. The first-order chi connectivity index (χ1) is 12.7. The number of nitrogens with zero attached hydrogens (tertiary/aromatic N) is 2. The number of aromatic nitrogens is 2. The third-order valence-electron chi connectivity index (χ3n) is 3.87. The molecule has 0 bridgehead atoms. The van der Waals surface area contributed by atoms with Crippen LogP contribution >= 0.6 is 0 Å². The molecule has 1 heterocycles. The lowest BCUT2D eigenvalue weighted by atomic mass is 10.0. The minimum atomic E-state index is -1.07. The number of methoxy groups -OCH3 is 1.